The number of carbonyl (C=O) groups is 1. The molecule has 106 valence electrons. The molecule has 0 saturated heterocycles. The number of pyridine rings is 1. The van der Waals surface area contributed by atoms with Gasteiger partial charge < -0.3 is 5.11 Å². The maximum atomic E-state index is 12.1. The molecule has 2 rings (SSSR count). The summed E-state index contributed by atoms with van der Waals surface area (Å²) in [4.78, 5) is 14.8. The molecule has 6 nitrogen and oxygen atoms in total. The quantitative estimate of drug-likeness (QED) is 0.799. The van der Waals surface area contributed by atoms with Gasteiger partial charge in [0.05, 0.1) is 11.4 Å². The van der Waals surface area contributed by atoms with Crippen LogP contribution in [0.1, 0.15) is 15.4 Å². The van der Waals surface area contributed by atoms with E-state index in [4.69, 9.17) is 5.11 Å². The number of aryl methyl sites for hydroxylation is 1. The van der Waals surface area contributed by atoms with Crippen molar-refractivity contribution in [3.63, 3.8) is 0 Å². The Balaban J connectivity index is 2.33. The number of aromatic carboxylic acids is 1. The van der Waals surface area contributed by atoms with Gasteiger partial charge in [-0.1, -0.05) is 0 Å². The Morgan fingerprint density at radius 2 is 2.05 bits per heavy atom. The monoisotopic (exact) mass is 376 g/mol. The van der Waals surface area contributed by atoms with Crippen molar-refractivity contribution in [3.8, 4) is 0 Å². The third-order valence-electron chi connectivity index (χ3n) is 2.35. The van der Waals surface area contributed by atoms with Crippen LogP contribution in [0.5, 0.6) is 0 Å². The van der Waals surface area contributed by atoms with E-state index in [9.17, 15) is 13.2 Å². The number of halogens is 1. The van der Waals surface area contributed by atoms with Crippen LogP contribution in [0.4, 0.5) is 5.69 Å². The minimum absolute atomic E-state index is 0.0315. The first-order chi connectivity index (χ1) is 9.29. The van der Waals surface area contributed by atoms with Gasteiger partial charge in [0.1, 0.15) is 13.7 Å². The zero-order valence-corrected chi connectivity index (χ0v) is 13.3. The summed E-state index contributed by atoms with van der Waals surface area (Å²) in [7, 11) is -3.81. The lowest BCUT2D eigenvalue weighted by atomic mass is 10.3. The minimum atomic E-state index is -3.81. The zero-order chi connectivity index (χ0) is 14.9. The second-order valence-electron chi connectivity index (χ2n) is 3.80. The molecule has 0 fully saturated rings. The third-order valence-corrected chi connectivity index (χ3v) is 5.73. The van der Waals surface area contributed by atoms with Gasteiger partial charge in [-0.3, -0.25) is 4.72 Å². The van der Waals surface area contributed by atoms with Gasteiger partial charge in [0, 0.05) is 0 Å². The van der Waals surface area contributed by atoms with Crippen LogP contribution >= 0.6 is 27.3 Å². The fourth-order valence-electron chi connectivity index (χ4n) is 1.41. The average Bonchev–Trinajstić information content (AvgIpc) is 2.83. The van der Waals surface area contributed by atoms with Crippen molar-refractivity contribution in [2.45, 2.75) is 11.1 Å². The molecule has 9 heteroatoms. The van der Waals surface area contributed by atoms with E-state index in [0.29, 0.717) is 27.3 Å². The van der Waals surface area contributed by atoms with E-state index in [1.807, 2.05) is 0 Å². The summed E-state index contributed by atoms with van der Waals surface area (Å²) >= 11 is 3.89. The molecule has 0 bridgehead atoms. The highest BCUT2D eigenvalue weighted by Crippen LogP contribution is 2.25. The van der Waals surface area contributed by atoms with Crippen LogP contribution in [0, 0.1) is 6.92 Å². The maximum Gasteiger partial charge on any atom is 0.345 e. The van der Waals surface area contributed by atoms with Gasteiger partial charge in [-0.05, 0) is 47.1 Å². The van der Waals surface area contributed by atoms with Gasteiger partial charge in [0.2, 0.25) is 0 Å². The molecule has 0 aliphatic carbocycles. The number of thiophene rings is 1. The summed E-state index contributed by atoms with van der Waals surface area (Å²) < 4.78 is 27.2. The lowest BCUT2D eigenvalue weighted by Gasteiger charge is -2.08. The first kappa shape index (κ1) is 14.9. The molecule has 0 aliphatic heterocycles. The van der Waals surface area contributed by atoms with Crippen LogP contribution < -0.4 is 4.72 Å². The summed E-state index contributed by atoms with van der Waals surface area (Å²) in [5.41, 5.74) is 0.858. The van der Waals surface area contributed by atoms with Crippen molar-refractivity contribution < 1.29 is 18.3 Å². The number of nitrogens with zero attached hydrogens (tertiary/aromatic N) is 1. The summed E-state index contributed by atoms with van der Waals surface area (Å²) in [5, 5.41) is 8.81. The Morgan fingerprint density at radius 1 is 1.35 bits per heavy atom. The van der Waals surface area contributed by atoms with E-state index in [2.05, 4.69) is 25.6 Å². The van der Waals surface area contributed by atoms with Crippen molar-refractivity contribution in [1.82, 2.24) is 4.98 Å². The molecule has 0 radical (unpaired) electrons. The first-order valence-electron chi connectivity index (χ1n) is 5.29. The lowest BCUT2D eigenvalue weighted by Crippen LogP contribution is -2.12. The Bertz CT molecular complexity index is 770. The molecule has 20 heavy (non-hydrogen) atoms. The van der Waals surface area contributed by atoms with Gasteiger partial charge in [-0.2, -0.15) is 0 Å². The van der Waals surface area contributed by atoms with Crippen LogP contribution in [-0.2, 0) is 10.0 Å². The average molecular weight is 377 g/mol. The van der Waals surface area contributed by atoms with E-state index in [0.717, 1.165) is 0 Å². The lowest BCUT2D eigenvalue weighted by molar-refractivity contribution is 0.0702. The smallest absolute Gasteiger partial charge is 0.345 e. The Kier molecular flexibility index (Phi) is 4.11. The van der Waals surface area contributed by atoms with E-state index >= 15 is 0 Å². The van der Waals surface area contributed by atoms with Crippen LogP contribution in [0.3, 0.4) is 0 Å². The van der Waals surface area contributed by atoms with Crippen molar-refractivity contribution >= 4 is 48.9 Å². The van der Waals surface area contributed by atoms with Crippen molar-refractivity contribution in [3.05, 3.63) is 39.4 Å². The second kappa shape index (κ2) is 5.51. The molecule has 0 saturated carbocycles. The normalized spacial score (nSPS) is 11.3. The van der Waals surface area contributed by atoms with Gasteiger partial charge >= 0.3 is 5.97 Å². The number of nitrogens with one attached hydrogen (secondary N) is 1. The van der Waals surface area contributed by atoms with Gasteiger partial charge in [0.25, 0.3) is 10.0 Å². The standard InChI is InChI=1S/C11H9BrN2O4S2/c1-6-7(2-4-9(12)13-6)14-20(17,18)10-5-3-8(19-10)11(15)16/h2-5,14H,1H3,(H,15,16). The number of hydrogen-bond acceptors (Lipinski definition) is 5. The van der Waals surface area contributed by atoms with Gasteiger partial charge in [-0.25, -0.2) is 18.2 Å². The van der Waals surface area contributed by atoms with Gasteiger partial charge in [0.15, 0.2) is 0 Å². The number of rotatable bonds is 4. The van der Waals surface area contributed by atoms with Gasteiger partial charge in [-0.15, -0.1) is 11.3 Å². The highest BCUT2D eigenvalue weighted by atomic mass is 79.9. The first-order valence-corrected chi connectivity index (χ1v) is 8.38. The predicted octanol–water partition coefficient (Wildman–Crippen LogP) is 2.71. The molecule has 0 spiro atoms. The molecular weight excluding hydrogens is 368 g/mol. The molecule has 0 unspecified atom stereocenters. The molecule has 0 amide bonds. The number of aromatic nitrogens is 1. The van der Waals surface area contributed by atoms with Crippen molar-refractivity contribution in [1.29, 1.82) is 0 Å². The second-order valence-corrected chi connectivity index (χ2v) is 7.60. The van der Waals surface area contributed by atoms with E-state index < -0.39 is 16.0 Å². The van der Waals surface area contributed by atoms with E-state index in [1.165, 1.54) is 12.1 Å². The molecule has 0 atom stereocenters. The largest absolute Gasteiger partial charge is 0.477 e. The van der Waals surface area contributed by atoms with Crippen molar-refractivity contribution in [2.24, 2.45) is 0 Å². The van der Waals surface area contributed by atoms with Crippen LogP contribution in [0.15, 0.2) is 33.1 Å². The highest BCUT2D eigenvalue weighted by Gasteiger charge is 2.20. The molecule has 2 aromatic rings. The highest BCUT2D eigenvalue weighted by molar-refractivity contribution is 9.10. The van der Waals surface area contributed by atoms with Crippen LogP contribution in [-0.4, -0.2) is 24.5 Å². The van der Waals surface area contributed by atoms with Crippen molar-refractivity contribution in [2.75, 3.05) is 4.72 Å². The fourth-order valence-corrected chi connectivity index (χ4v) is 4.07. The van der Waals surface area contributed by atoms with E-state index in [1.54, 1.807) is 19.1 Å². The molecule has 0 aliphatic rings. The molecular formula is C11H9BrN2O4S2. The Morgan fingerprint density at radius 3 is 2.60 bits per heavy atom. The zero-order valence-electron chi connectivity index (χ0n) is 10.1. The minimum Gasteiger partial charge on any atom is -0.477 e. The van der Waals surface area contributed by atoms with Crippen LogP contribution in [0.25, 0.3) is 0 Å². The summed E-state index contributed by atoms with van der Waals surface area (Å²) in [5.74, 6) is -1.15. The molecule has 2 N–H and O–H groups in total. The Hall–Kier alpha value is -1.45. The topological polar surface area (TPSA) is 96.4 Å². The van der Waals surface area contributed by atoms with Crippen LogP contribution in [0.2, 0.25) is 0 Å². The molecule has 2 heterocycles. The fraction of sp³-hybridized carbons (Fsp3) is 0.0909. The summed E-state index contributed by atoms with van der Waals surface area (Å²) in [6.07, 6.45) is 0. The molecule has 2 aromatic heterocycles. The number of anilines is 1. The number of carboxylic acids is 1. The maximum absolute atomic E-state index is 12.1. The number of hydrogen-bond donors (Lipinski definition) is 2. The third kappa shape index (κ3) is 3.17. The molecule has 0 aromatic carbocycles. The Labute approximate surface area is 127 Å². The van der Waals surface area contributed by atoms with E-state index in [-0.39, 0.29) is 9.09 Å². The SMILES string of the molecule is Cc1nc(Br)ccc1NS(=O)(=O)c1ccc(C(=O)O)s1. The predicted molar refractivity (Wildman–Crippen MR) is 78.8 cm³/mol. The summed E-state index contributed by atoms with van der Waals surface area (Å²) in [6, 6.07) is 5.71. The number of sulfonamides is 1. The number of carboxylic acid groups (broad SMARTS) is 1. The summed E-state index contributed by atoms with van der Waals surface area (Å²) in [6.45, 7) is 1.67.